The highest BCUT2D eigenvalue weighted by Crippen LogP contribution is 2.31. The summed E-state index contributed by atoms with van der Waals surface area (Å²) in [5.41, 5.74) is 21.0. The zero-order valence-corrected chi connectivity index (χ0v) is 20.0. The largest absolute Gasteiger partial charge is 0.398 e. The molecule has 3 aromatic rings. The van der Waals surface area contributed by atoms with Crippen LogP contribution in [0, 0.1) is 11.3 Å². The van der Waals surface area contributed by atoms with Crippen LogP contribution in [0.3, 0.4) is 0 Å². The van der Waals surface area contributed by atoms with E-state index in [1.54, 1.807) is 18.2 Å². The molecule has 2 aromatic carbocycles. The minimum absolute atomic E-state index is 0.0353. The summed E-state index contributed by atoms with van der Waals surface area (Å²) in [4.78, 5) is 24.1. The van der Waals surface area contributed by atoms with Gasteiger partial charge in [-0.25, -0.2) is 4.98 Å². The Labute approximate surface area is 205 Å². The SMILES string of the molecule is CC(NC(=O)C1CCC(C)N(c2cc(-c3ccc(C(=N)N)c(N)c3)nc(N)n2)C1)c1ccccc1. The maximum Gasteiger partial charge on any atom is 0.225 e. The monoisotopic (exact) mass is 472 g/mol. The average Bonchev–Trinajstić information content (AvgIpc) is 2.84. The second kappa shape index (κ2) is 10.0. The lowest BCUT2D eigenvalue weighted by Gasteiger charge is -2.38. The normalized spacial score (nSPS) is 18.6. The quantitative estimate of drug-likeness (QED) is 0.209. The van der Waals surface area contributed by atoms with Crippen molar-refractivity contribution in [1.82, 2.24) is 15.3 Å². The van der Waals surface area contributed by atoms with Crippen molar-refractivity contribution in [2.75, 3.05) is 22.9 Å². The molecule has 0 aliphatic carbocycles. The van der Waals surface area contributed by atoms with Gasteiger partial charge in [0, 0.05) is 35.5 Å². The van der Waals surface area contributed by atoms with Crippen LogP contribution >= 0.6 is 0 Å². The number of benzene rings is 2. The van der Waals surface area contributed by atoms with Crippen LogP contribution in [0.25, 0.3) is 11.3 Å². The number of nitrogens with two attached hydrogens (primary N) is 3. The molecule has 1 amide bonds. The van der Waals surface area contributed by atoms with E-state index >= 15 is 0 Å². The molecule has 2 heterocycles. The summed E-state index contributed by atoms with van der Waals surface area (Å²) in [6.07, 6.45) is 1.67. The Balaban J connectivity index is 1.55. The van der Waals surface area contributed by atoms with Crippen LogP contribution in [0.15, 0.2) is 54.6 Å². The molecule has 0 saturated carbocycles. The number of aromatic nitrogens is 2. The predicted molar refractivity (Wildman–Crippen MR) is 140 cm³/mol. The van der Waals surface area contributed by atoms with Gasteiger partial charge in [-0.2, -0.15) is 4.98 Å². The van der Waals surface area contributed by atoms with Crippen molar-refractivity contribution in [3.05, 3.63) is 65.7 Å². The van der Waals surface area contributed by atoms with Gasteiger partial charge in [0.2, 0.25) is 11.9 Å². The van der Waals surface area contributed by atoms with Crippen molar-refractivity contribution >= 4 is 29.2 Å². The Kier molecular flexibility index (Phi) is 6.86. The molecule has 1 aliphatic heterocycles. The van der Waals surface area contributed by atoms with Crippen molar-refractivity contribution in [3.8, 4) is 11.3 Å². The lowest BCUT2D eigenvalue weighted by atomic mass is 9.92. The van der Waals surface area contributed by atoms with Crippen LogP contribution in [0.1, 0.15) is 43.9 Å². The van der Waals surface area contributed by atoms with E-state index in [1.807, 2.05) is 43.3 Å². The van der Waals surface area contributed by atoms with E-state index in [4.69, 9.17) is 22.6 Å². The average molecular weight is 473 g/mol. The molecular weight excluding hydrogens is 440 g/mol. The molecule has 1 fully saturated rings. The molecule has 3 unspecified atom stereocenters. The number of rotatable bonds is 6. The number of hydrogen-bond acceptors (Lipinski definition) is 7. The Morgan fingerprint density at radius 3 is 2.54 bits per heavy atom. The first-order chi connectivity index (χ1) is 16.7. The van der Waals surface area contributed by atoms with Gasteiger partial charge in [0.15, 0.2) is 0 Å². The molecule has 9 heteroatoms. The number of hydrogen-bond donors (Lipinski definition) is 5. The summed E-state index contributed by atoms with van der Waals surface area (Å²) in [6, 6.07) is 17.2. The number of amides is 1. The van der Waals surface area contributed by atoms with Gasteiger partial charge in [0.1, 0.15) is 11.7 Å². The molecule has 0 radical (unpaired) electrons. The van der Waals surface area contributed by atoms with Crippen molar-refractivity contribution < 1.29 is 4.79 Å². The summed E-state index contributed by atoms with van der Waals surface area (Å²) in [7, 11) is 0. The molecule has 0 bridgehead atoms. The van der Waals surface area contributed by atoms with E-state index < -0.39 is 0 Å². The molecule has 8 N–H and O–H groups in total. The number of piperidine rings is 1. The first-order valence-corrected chi connectivity index (χ1v) is 11.7. The summed E-state index contributed by atoms with van der Waals surface area (Å²) in [6.45, 7) is 4.66. The van der Waals surface area contributed by atoms with E-state index in [-0.39, 0.29) is 35.7 Å². The fourth-order valence-corrected chi connectivity index (χ4v) is 4.51. The van der Waals surface area contributed by atoms with Gasteiger partial charge >= 0.3 is 0 Å². The lowest BCUT2D eigenvalue weighted by molar-refractivity contribution is -0.126. The first-order valence-electron chi connectivity index (χ1n) is 11.7. The summed E-state index contributed by atoms with van der Waals surface area (Å²) in [5.74, 6) is 0.589. The zero-order valence-electron chi connectivity index (χ0n) is 20.0. The van der Waals surface area contributed by atoms with E-state index in [9.17, 15) is 4.79 Å². The maximum absolute atomic E-state index is 13.1. The molecule has 0 spiro atoms. The third-order valence-electron chi connectivity index (χ3n) is 6.57. The summed E-state index contributed by atoms with van der Waals surface area (Å²) >= 11 is 0. The molecule has 35 heavy (non-hydrogen) atoms. The van der Waals surface area contributed by atoms with E-state index in [2.05, 4.69) is 27.1 Å². The fraction of sp³-hybridized carbons (Fsp3) is 0.308. The number of anilines is 3. The Bertz CT molecular complexity index is 1230. The highest BCUT2D eigenvalue weighted by molar-refractivity contribution is 6.00. The lowest BCUT2D eigenvalue weighted by Crippen LogP contribution is -2.47. The zero-order chi connectivity index (χ0) is 25.1. The molecular formula is C26H32N8O. The van der Waals surface area contributed by atoms with Crippen LogP contribution in [0.4, 0.5) is 17.5 Å². The molecule has 1 aromatic heterocycles. The van der Waals surface area contributed by atoms with Gasteiger partial charge in [-0.15, -0.1) is 0 Å². The van der Waals surface area contributed by atoms with E-state index in [1.165, 1.54) is 0 Å². The standard InChI is InChI=1S/C26H32N8O/c1-15-8-9-19(25(35)31-16(2)17-6-4-3-5-7-17)14-34(15)23-13-22(32-26(30)33-23)18-10-11-20(24(28)29)21(27)12-18/h3-7,10-13,15-16,19H,8-9,14,27H2,1-2H3,(H3,28,29)(H,31,35)(H2,30,32,33). The summed E-state index contributed by atoms with van der Waals surface area (Å²) < 4.78 is 0. The molecule has 1 aliphatic rings. The van der Waals surface area contributed by atoms with Crippen molar-refractivity contribution in [1.29, 1.82) is 5.41 Å². The number of nitrogen functional groups attached to an aromatic ring is 3. The highest BCUT2D eigenvalue weighted by Gasteiger charge is 2.31. The van der Waals surface area contributed by atoms with E-state index in [0.717, 1.165) is 24.0 Å². The molecule has 4 rings (SSSR count). The van der Waals surface area contributed by atoms with Crippen LogP contribution in [-0.2, 0) is 4.79 Å². The Hall–Kier alpha value is -4.14. The van der Waals surface area contributed by atoms with Gasteiger partial charge in [-0.05, 0) is 44.4 Å². The molecule has 3 atom stereocenters. The fourth-order valence-electron chi connectivity index (χ4n) is 4.51. The molecule has 1 saturated heterocycles. The Morgan fingerprint density at radius 1 is 1.11 bits per heavy atom. The van der Waals surface area contributed by atoms with Gasteiger partial charge in [0.25, 0.3) is 0 Å². The molecule has 182 valence electrons. The topological polar surface area (TPSA) is 160 Å². The van der Waals surface area contributed by atoms with Crippen LogP contribution < -0.4 is 27.4 Å². The van der Waals surface area contributed by atoms with Gasteiger partial charge in [-0.3, -0.25) is 10.2 Å². The minimum atomic E-state index is -0.164. The number of carbonyl (C=O) groups is 1. The second-order valence-electron chi connectivity index (χ2n) is 9.10. The van der Waals surface area contributed by atoms with Gasteiger partial charge in [-0.1, -0.05) is 36.4 Å². The third kappa shape index (κ3) is 5.34. The minimum Gasteiger partial charge on any atom is -0.398 e. The number of carbonyl (C=O) groups excluding carboxylic acids is 1. The van der Waals surface area contributed by atoms with Crippen molar-refractivity contribution in [2.45, 2.75) is 38.8 Å². The number of nitrogens with one attached hydrogen (secondary N) is 2. The van der Waals surface area contributed by atoms with Crippen molar-refractivity contribution in [2.24, 2.45) is 11.7 Å². The number of amidine groups is 1. The number of nitrogens with zero attached hydrogens (tertiary/aromatic N) is 3. The van der Waals surface area contributed by atoms with Gasteiger partial charge in [0.05, 0.1) is 17.7 Å². The van der Waals surface area contributed by atoms with Crippen LogP contribution in [0.2, 0.25) is 0 Å². The predicted octanol–water partition coefficient (Wildman–Crippen LogP) is 3.07. The maximum atomic E-state index is 13.1. The first kappa shape index (κ1) is 24.0. The van der Waals surface area contributed by atoms with E-state index in [0.29, 0.717) is 29.3 Å². The van der Waals surface area contributed by atoms with Gasteiger partial charge < -0.3 is 27.4 Å². The van der Waals surface area contributed by atoms with Crippen molar-refractivity contribution in [3.63, 3.8) is 0 Å². The van der Waals surface area contributed by atoms with Crippen LogP contribution in [0.5, 0.6) is 0 Å². The molecule has 9 nitrogen and oxygen atoms in total. The highest BCUT2D eigenvalue weighted by atomic mass is 16.2. The van der Waals surface area contributed by atoms with Crippen LogP contribution in [-0.4, -0.2) is 34.3 Å². The third-order valence-corrected chi connectivity index (χ3v) is 6.57. The summed E-state index contributed by atoms with van der Waals surface area (Å²) in [5, 5.41) is 10.8. The Morgan fingerprint density at radius 2 is 1.86 bits per heavy atom. The smallest absolute Gasteiger partial charge is 0.225 e. The second-order valence-corrected chi connectivity index (χ2v) is 9.10.